The van der Waals surface area contributed by atoms with E-state index in [1.54, 1.807) is 18.3 Å². The number of likely N-dealkylation sites (tertiary alicyclic amines) is 1. The summed E-state index contributed by atoms with van der Waals surface area (Å²) in [4.78, 5) is 28.3. The van der Waals surface area contributed by atoms with Crippen LogP contribution in [-0.4, -0.2) is 34.3 Å². The molecule has 90 valence electrons. The van der Waals surface area contributed by atoms with Gasteiger partial charge in [-0.25, -0.2) is 0 Å². The number of amides is 1. The average Bonchev–Trinajstić information content (AvgIpc) is 2.39. The third-order valence-electron chi connectivity index (χ3n) is 2.94. The number of aromatic nitrogens is 1. The van der Waals surface area contributed by atoms with Crippen LogP contribution in [0, 0.1) is 0 Å². The zero-order chi connectivity index (χ0) is 12.3. The van der Waals surface area contributed by atoms with E-state index in [2.05, 4.69) is 4.98 Å². The van der Waals surface area contributed by atoms with Crippen LogP contribution in [-0.2, 0) is 4.79 Å². The first-order valence-electron chi connectivity index (χ1n) is 5.62. The number of pyridine rings is 1. The standard InChI is InChI=1S/C12H14N2O3.Na/c15-11(9-4-3-6-13-8-9)14-7-2-1-5-10(14)12(16)17;/h3-4,6,8,10H,1-2,5,7H2,(H,16,17);/q;+1/p-1. The quantitative estimate of drug-likeness (QED) is 0.523. The molecule has 0 saturated carbocycles. The van der Waals surface area contributed by atoms with Gasteiger partial charge in [0.05, 0.1) is 17.6 Å². The number of nitrogens with zero attached hydrogens (tertiary/aromatic N) is 2. The molecule has 1 aromatic heterocycles. The van der Waals surface area contributed by atoms with Gasteiger partial charge in [0, 0.05) is 18.9 Å². The number of carbonyl (C=O) groups is 2. The Labute approximate surface area is 127 Å². The molecule has 0 aromatic carbocycles. The molecule has 2 rings (SSSR count). The van der Waals surface area contributed by atoms with E-state index in [9.17, 15) is 14.7 Å². The van der Waals surface area contributed by atoms with Gasteiger partial charge in [-0.2, -0.15) is 0 Å². The van der Waals surface area contributed by atoms with Crippen LogP contribution in [0.5, 0.6) is 0 Å². The maximum Gasteiger partial charge on any atom is 1.00 e. The minimum absolute atomic E-state index is 0. The first-order valence-corrected chi connectivity index (χ1v) is 5.62. The Kier molecular flexibility index (Phi) is 5.78. The van der Waals surface area contributed by atoms with E-state index >= 15 is 0 Å². The Balaban J connectivity index is 0.00000162. The molecular weight excluding hydrogens is 243 g/mol. The van der Waals surface area contributed by atoms with Gasteiger partial charge >= 0.3 is 29.6 Å². The van der Waals surface area contributed by atoms with Crippen molar-refractivity contribution in [2.24, 2.45) is 0 Å². The Bertz CT molecular complexity index is 425. The van der Waals surface area contributed by atoms with Gasteiger partial charge in [0.1, 0.15) is 0 Å². The van der Waals surface area contributed by atoms with Gasteiger partial charge in [-0.1, -0.05) is 0 Å². The van der Waals surface area contributed by atoms with Crippen molar-refractivity contribution in [1.29, 1.82) is 0 Å². The summed E-state index contributed by atoms with van der Waals surface area (Å²) >= 11 is 0. The molecule has 18 heavy (non-hydrogen) atoms. The molecule has 0 radical (unpaired) electrons. The number of piperidine rings is 1. The van der Waals surface area contributed by atoms with Crippen LogP contribution in [0.4, 0.5) is 0 Å². The number of hydrogen-bond donors (Lipinski definition) is 0. The largest absolute Gasteiger partial charge is 1.00 e. The summed E-state index contributed by atoms with van der Waals surface area (Å²) in [5.74, 6) is -1.46. The van der Waals surface area contributed by atoms with Gasteiger partial charge in [0.25, 0.3) is 5.91 Å². The van der Waals surface area contributed by atoms with Crippen molar-refractivity contribution in [1.82, 2.24) is 9.88 Å². The predicted octanol–water partition coefficient (Wildman–Crippen LogP) is -3.17. The SMILES string of the molecule is O=C([O-])C1CCCCN1C(=O)c1cccnc1.[Na+]. The third kappa shape index (κ3) is 3.31. The maximum absolute atomic E-state index is 12.1. The average molecular weight is 256 g/mol. The second kappa shape index (κ2) is 6.87. The number of carboxylic acid groups (broad SMARTS) is 1. The van der Waals surface area contributed by atoms with E-state index in [0.29, 0.717) is 18.5 Å². The molecule has 1 amide bonds. The van der Waals surface area contributed by atoms with Crippen molar-refractivity contribution in [3.8, 4) is 0 Å². The van der Waals surface area contributed by atoms with Gasteiger partial charge in [-0.3, -0.25) is 9.78 Å². The summed E-state index contributed by atoms with van der Waals surface area (Å²) < 4.78 is 0. The van der Waals surface area contributed by atoms with Crippen molar-refractivity contribution in [2.45, 2.75) is 25.3 Å². The van der Waals surface area contributed by atoms with Crippen LogP contribution in [0.15, 0.2) is 24.5 Å². The van der Waals surface area contributed by atoms with Gasteiger partial charge in [0.15, 0.2) is 0 Å². The molecule has 0 N–H and O–H groups in total. The number of rotatable bonds is 2. The fourth-order valence-electron chi connectivity index (χ4n) is 2.07. The summed E-state index contributed by atoms with van der Waals surface area (Å²) in [5.41, 5.74) is 0.417. The summed E-state index contributed by atoms with van der Waals surface area (Å²) in [6.07, 6.45) is 5.13. The second-order valence-corrected chi connectivity index (χ2v) is 4.07. The Morgan fingerprint density at radius 3 is 2.78 bits per heavy atom. The third-order valence-corrected chi connectivity index (χ3v) is 2.94. The number of hydrogen-bond acceptors (Lipinski definition) is 4. The van der Waals surface area contributed by atoms with E-state index in [1.165, 1.54) is 11.1 Å². The molecule has 6 heteroatoms. The second-order valence-electron chi connectivity index (χ2n) is 4.07. The first-order chi connectivity index (χ1) is 8.20. The van der Waals surface area contributed by atoms with Crippen molar-refractivity contribution in [2.75, 3.05) is 6.54 Å². The minimum Gasteiger partial charge on any atom is -0.548 e. The smallest absolute Gasteiger partial charge is 0.548 e. The van der Waals surface area contributed by atoms with Crippen molar-refractivity contribution < 1.29 is 44.3 Å². The maximum atomic E-state index is 12.1. The Morgan fingerprint density at radius 2 is 2.17 bits per heavy atom. The molecule has 1 atom stereocenters. The van der Waals surface area contributed by atoms with E-state index in [4.69, 9.17) is 0 Å². The molecule has 1 aromatic rings. The summed E-state index contributed by atoms with van der Waals surface area (Å²) in [6, 6.07) is 2.48. The van der Waals surface area contributed by atoms with Gasteiger partial charge < -0.3 is 14.8 Å². The van der Waals surface area contributed by atoms with Crippen LogP contribution in [0.25, 0.3) is 0 Å². The van der Waals surface area contributed by atoms with Gasteiger partial charge in [-0.05, 0) is 31.4 Å². The number of carbonyl (C=O) groups excluding carboxylic acids is 2. The molecule has 0 aliphatic carbocycles. The molecule has 1 aliphatic heterocycles. The zero-order valence-electron chi connectivity index (χ0n) is 10.3. The summed E-state index contributed by atoms with van der Waals surface area (Å²) in [7, 11) is 0. The Morgan fingerprint density at radius 1 is 1.39 bits per heavy atom. The summed E-state index contributed by atoms with van der Waals surface area (Å²) in [5, 5.41) is 11.0. The summed E-state index contributed by atoms with van der Waals surface area (Å²) in [6.45, 7) is 0.465. The predicted molar refractivity (Wildman–Crippen MR) is 57.9 cm³/mol. The molecule has 1 fully saturated rings. The normalized spacial score (nSPS) is 18.9. The van der Waals surface area contributed by atoms with Gasteiger partial charge in [-0.15, -0.1) is 0 Å². The molecule has 0 spiro atoms. The van der Waals surface area contributed by atoms with Crippen molar-refractivity contribution in [3.05, 3.63) is 30.1 Å². The fourth-order valence-corrected chi connectivity index (χ4v) is 2.07. The number of carboxylic acids is 1. The van der Waals surface area contributed by atoms with Crippen molar-refractivity contribution in [3.63, 3.8) is 0 Å². The molecule has 1 aliphatic rings. The topological polar surface area (TPSA) is 73.3 Å². The van der Waals surface area contributed by atoms with Crippen LogP contribution in [0.1, 0.15) is 29.6 Å². The zero-order valence-corrected chi connectivity index (χ0v) is 12.3. The Hall–Kier alpha value is -0.910. The van der Waals surface area contributed by atoms with Crippen LogP contribution < -0.4 is 34.7 Å². The van der Waals surface area contributed by atoms with E-state index in [1.807, 2.05) is 0 Å². The molecule has 2 heterocycles. The number of aliphatic carboxylic acids is 1. The monoisotopic (exact) mass is 256 g/mol. The van der Waals surface area contributed by atoms with Crippen LogP contribution in [0.3, 0.4) is 0 Å². The van der Waals surface area contributed by atoms with Crippen molar-refractivity contribution >= 4 is 11.9 Å². The minimum atomic E-state index is -1.18. The van der Waals surface area contributed by atoms with E-state index in [0.717, 1.165) is 12.8 Å². The molecular formula is C12H13N2NaO3. The van der Waals surface area contributed by atoms with Crippen LogP contribution >= 0.6 is 0 Å². The molecule has 1 unspecified atom stereocenters. The first kappa shape index (κ1) is 15.1. The van der Waals surface area contributed by atoms with Gasteiger partial charge in [0.2, 0.25) is 0 Å². The molecule has 1 saturated heterocycles. The van der Waals surface area contributed by atoms with E-state index < -0.39 is 12.0 Å². The molecule has 5 nitrogen and oxygen atoms in total. The fraction of sp³-hybridized carbons (Fsp3) is 0.417. The molecule has 0 bridgehead atoms. The van der Waals surface area contributed by atoms with E-state index in [-0.39, 0.29) is 35.5 Å². The van der Waals surface area contributed by atoms with Crippen LogP contribution in [0.2, 0.25) is 0 Å².